The number of rotatable bonds is 5. The Morgan fingerprint density at radius 1 is 1.20 bits per heavy atom. The fraction of sp³-hybridized carbons (Fsp3) is 0.579. The van der Waals surface area contributed by atoms with Gasteiger partial charge < -0.3 is 9.47 Å². The zero-order valence-corrected chi connectivity index (χ0v) is 17.0. The summed E-state index contributed by atoms with van der Waals surface area (Å²) in [6.45, 7) is 3.95. The van der Waals surface area contributed by atoms with Gasteiger partial charge in [0.1, 0.15) is 0 Å². The van der Waals surface area contributed by atoms with E-state index < -0.39 is 17.5 Å². The molecule has 0 N–H and O–H groups in total. The first-order valence-corrected chi connectivity index (χ1v) is 9.88. The summed E-state index contributed by atoms with van der Waals surface area (Å²) in [5.74, 6) is -0.841. The summed E-state index contributed by atoms with van der Waals surface area (Å²) < 4.78 is 11.7. The van der Waals surface area contributed by atoms with Crippen LogP contribution in [0.15, 0.2) is 16.6 Å². The van der Waals surface area contributed by atoms with Gasteiger partial charge in [-0.25, -0.2) is 4.79 Å². The summed E-state index contributed by atoms with van der Waals surface area (Å²) in [5.41, 5.74) is 0.599. The highest BCUT2D eigenvalue weighted by Crippen LogP contribution is 2.33. The molecule has 2 rings (SSSR count). The number of carbonyl (C=O) groups is 2. The molecule has 0 saturated heterocycles. The van der Waals surface area contributed by atoms with Gasteiger partial charge in [0.15, 0.2) is 0 Å². The molecular formula is C19H24BrClO4. The van der Waals surface area contributed by atoms with Crippen LogP contribution in [0.25, 0.3) is 0 Å². The molecule has 1 fully saturated rings. The molecule has 25 heavy (non-hydrogen) atoms. The summed E-state index contributed by atoms with van der Waals surface area (Å²) in [5, 5.41) is 0.544. The Morgan fingerprint density at radius 3 is 2.44 bits per heavy atom. The SMILES string of the molecule is CCOC(=O)C1(OC(=O)Cc2cc(Cl)c(Br)cc2C)CCCCCC1. The molecular weight excluding hydrogens is 408 g/mol. The molecule has 4 nitrogen and oxygen atoms in total. The maximum absolute atomic E-state index is 12.6. The van der Waals surface area contributed by atoms with E-state index in [2.05, 4.69) is 15.9 Å². The average Bonchev–Trinajstić information content (AvgIpc) is 2.79. The minimum absolute atomic E-state index is 0.0833. The van der Waals surface area contributed by atoms with Crippen molar-refractivity contribution in [3.8, 4) is 0 Å². The van der Waals surface area contributed by atoms with Crippen LogP contribution >= 0.6 is 27.5 Å². The van der Waals surface area contributed by atoms with Crippen LogP contribution in [0.5, 0.6) is 0 Å². The highest BCUT2D eigenvalue weighted by atomic mass is 79.9. The van der Waals surface area contributed by atoms with Crippen LogP contribution in [0, 0.1) is 6.92 Å². The minimum Gasteiger partial charge on any atom is -0.463 e. The van der Waals surface area contributed by atoms with Crippen LogP contribution in [0.3, 0.4) is 0 Å². The topological polar surface area (TPSA) is 52.6 Å². The van der Waals surface area contributed by atoms with Crippen molar-refractivity contribution < 1.29 is 19.1 Å². The van der Waals surface area contributed by atoms with Crippen LogP contribution in [0.4, 0.5) is 0 Å². The summed E-state index contributed by atoms with van der Waals surface area (Å²) in [6.07, 6.45) is 4.93. The van der Waals surface area contributed by atoms with Crippen molar-refractivity contribution in [3.05, 3.63) is 32.8 Å². The number of ether oxygens (including phenoxy) is 2. The molecule has 0 aliphatic heterocycles. The summed E-state index contributed by atoms with van der Waals surface area (Å²) >= 11 is 9.50. The monoisotopic (exact) mass is 430 g/mol. The number of halogens is 2. The maximum atomic E-state index is 12.6. The second-order valence-electron chi connectivity index (χ2n) is 6.47. The standard InChI is InChI=1S/C19H24BrClO4/c1-3-24-18(23)19(8-6-4-5-7-9-19)25-17(22)12-14-11-16(21)15(20)10-13(14)2/h10-11H,3-9,12H2,1-2H3. The normalized spacial score (nSPS) is 16.8. The smallest absolute Gasteiger partial charge is 0.350 e. The molecule has 1 aliphatic carbocycles. The maximum Gasteiger partial charge on any atom is 0.350 e. The molecule has 0 atom stereocenters. The van der Waals surface area contributed by atoms with Gasteiger partial charge in [-0.2, -0.15) is 0 Å². The third kappa shape index (κ3) is 5.20. The van der Waals surface area contributed by atoms with Crippen LogP contribution in [0.2, 0.25) is 5.02 Å². The fourth-order valence-corrected chi connectivity index (χ4v) is 3.84. The van der Waals surface area contributed by atoms with Gasteiger partial charge in [-0.1, -0.05) is 24.4 Å². The van der Waals surface area contributed by atoms with Gasteiger partial charge in [0.25, 0.3) is 0 Å². The quantitative estimate of drug-likeness (QED) is 0.478. The van der Waals surface area contributed by atoms with Gasteiger partial charge >= 0.3 is 11.9 Å². The molecule has 0 amide bonds. The largest absolute Gasteiger partial charge is 0.463 e. The van der Waals surface area contributed by atoms with E-state index in [1.165, 1.54) is 0 Å². The molecule has 0 bridgehead atoms. The summed E-state index contributed by atoms with van der Waals surface area (Å²) in [7, 11) is 0. The number of carbonyl (C=O) groups excluding carboxylic acids is 2. The first-order chi connectivity index (χ1) is 11.9. The lowest BCUT2D eigenvalue weighted by atomic mass is 9.94. The Hall–Kier alpha value is -1.07. The molecule has 0 unspecified atom stereocenters. The number of aryl methyl sites for hydroxylation is 1. The molecule has 6 heteroatoms. The van der Waals surface area contributed by atoms with Gasteiger partial charge in [-0.05, 0) is 78.7 Å². The van der Waals surface area contributed by atoms with Crippen molar-refractivity contribution in [2.75, 3.05) is 6.61 Å². The Kier molecular flexibility index (Phi) is 7.32. The molecule has 0 heterocycles. The molecule has 1 aromatic rings. The van der Waals surface area contributed by atoms with Crippen LogP contribution < -0.4 is 0 Å². The van der Waals surface area contributed by atoms with Crippen molar-refractivity contribution in [3.63, 3.8) is 0 Å². The highest BCUT2D eigenvalue weighted by molar-refractivity contribution is 9.10. The van der Waals surface area contributed by atoms with Crippen LogP contribution in [-0.2, 0) is 25.5 Å². The summed E-state index contributed by atoms with van der Waals surface area (Å²) in [6, 6.07) is 3.63. The second-order valence-corrected chi connectivity index (χ2v) is 7.73. The van der Waals surface area contributed by atoms with E-state index in [0.717, 1.165) is 41.3 Å². The van der Waals surface area contributed by atoms with E-state index in [-0.39, 0.29) is 13.0 Å². The lowest BCUT2D eigenvalue weighted by molar-refractivity contribution is -0.184. The van der Waals surface area contributed by atoms with Crippen LogP contribution in [-0.4, -0.2) is 24.1 Å². The third-order valence-corrected chi connectivity index (χ3v) is 5.78. The van der Waals surface area contributed by atoms with Crippen molar-refractivity contribution >= 4 is 39.5 Å². The Labute approximate surface area is 162 Å². The lowest BCUT2D eigenvalue weighted by Gasteiger charge is -2.30. The molecule has 0 spiro atoms. The van der Waals surface area contributed by atoms with Gasteiger partial charge in [0.05, 0.1) is 18.1 Å². The third-order valence-electron chi connectivity index (χ3n) is 4.58. The van der Waals surface area contributed by atoms with Crippen LogP contribution in [0.1, 0.15) is 56.6 Å². The zero-order valence-electron chi connectivity index (χ0n) is 14.7. The zero-order chi connectivity index (χ0) is 18.4. The van der Waals surface area contributed by atoms with Gasteiger partial charge in [0.2, 0.25) is 5.60 Å². The van der Waals surface area contributed by atoms with Crippen molar-refractivity contribution in [1.82, 2.24) is 0 Å². The lowest BCUT2D eigenvalue weighted by Crippen LogP contribution is -2.44. The highest BCUT2D eigenvalue weighted by Gasteiger charge is 2.43. The van der Waals surface area contributed by atoms with Gasteiger partial charge in [-0.3, -0.25) is 4.79 Å². The number of hydrogen-bond donors (Lipinski definition) is 0. The van der Waals surface area contributed by atoms with E-state index in [1.54, 1.807) is 13.0 Å². The number of benzene rings is 1. The van der Waals surface area contributed by atoms with Crippen molar-refractivity contribution in [1.29, 1.82) is 0 Å². The summed E-state index contributed by atoms with van der Waals surface area (Å²) in [4.78, 5) is 25.1. The number of esters is 2. The molecule has 0 aromatic heterocycles. The minimum atomic E-state index is -1.14. The first-order valence-electron chi connectivity index (χ1n) is 8.71. The predicted molar refractivity (Wildman–Crippen MR) is 101 cm³/mol. The Morgan fingerprint density at radius 2 is 1.84 bits per heavy atom. The molecule has 138 valence electrons. The molecule has 0 radical (unpaired) electrons. The Bertz CT molecular complexity index is 637. The fourth-order valence-electron chi connectivity index (χ4n) is 3.20. The van der Waals surface area contributed by atoms with E-state index >= 15 is 0 Å². The second kappa shape index (κ2) is 9.04. The van der Waals surface area contributed by atoms with E-state index in [9.17, 15) is 9.59 Å². The molecule has 1 saturated carbocycles. The molecule has 1 aliphatic rings. The van der Waals surface area contributed by atoms with Gasteiger partial charge in [-0.15, -0.1) is 0 Å². The first kappa shape index (κ1) is 20.2. The van der Waals surface area contributed by atoms with E-state index in [4.69, 9.17) is 21.1 Å². The molecule has 1 aromatic carbocycles. The van der Waals surface area contributed by atoms with E-state index in [0.29, 0.717) is 17.9 Å². The number of hydrogen-bond acceptors (Lipinski definition) is 4. The predicted octanol–water partition coefficient (Wildman–Crippen LogP) is 5.15. The Balaban J connectivity index is 2.16. The van der Waals surface area contributed by atoms with Crippen molar-refractivity contribution in [2.45, 2.75) is 64.4 Å². The van der Waals surface area contributed by atoms with Crippen molar-refractivity contribution in [2.24, 2.45) is 0 Å². The van der Waals surface area contributed by atoms with E-state index in [1.807, 2.05) is 13.0 Å². The average molecular weight is 432 g/mol. The van der Waals surface area contributed by atoms with Gasteiger partial charge in [0, 0.05) is 4.47 Å².